The first-order chi connectivity index (χ1) is 7.35. The Hall–Kier alpha value is -1.71. The molecule has 88 valence electrons. The number of carbonyl (C=O) groups is 1. The molecule has 0 aromatic heterocycles. The molecule has 0 heterocycles. The van der Waals surface area contributed by atoms with Gasteiger partial charge in [-0.2, -0.15) is 0 Å². The highest BCUT2D eigenvalue weighted by Crippen LogP contribution is 2.24. The van der Waals surface area contributed by atoms with Crippen molar-refractivity contribution < 1.29 is 9.53 Å². The van der Waals surface area contributed by atoms with E-state index in [1.165, 1.54) is 7.11 Å². The van der Waals surface area contributed by atoms with Crippen LogP contribution in [0.5, 0.6) is 5.75 Å². The van der Waals surface area contributed by atoms with Crippen molar-refractivity contribution in [1.82, 2.24) is 5.32 Å². The second-order valence-electron chi connectivity index (χ2n) is 4.63. The quantitative estimate of drug-likeness (QED) is 0.750. The molecular weight excluding hydrogens is 204 g/mol. The standard InChI is InChI=1S/C12H18N2O2/c1-12(2,3)14-11(15)10-8(13)6-5-7-9(10)16-4/h5-7H,13H2,1-4H3,(H,14,15). The van der Waals surface area contributed by atoms with Gasteiger partial charge in [-0.3, -0.25) is 4.79 Å². The Kier molecular flexibility index (Phi) is 3.42. The maximum Gasteiger partial charge on any atom is 0.257 e. The molecule has 1 aromatic carbocycles. The highest BCUT2D eigenvalue weighted by molar-refractivity contribution is 6.02. The molecule has 4 nitrogen and oxygen atoms in total. The van der Waals surface area contributed by atoms with Crippen molar-refractivity contribution in [3.63, 3.8) is 0 Å². The summed E-state index contributed by atoms with van der Waals surface area (Å²) >= 11 is 0. The maximum absolute atomic E-state index is 12.0. The van der Waals surface area contributed by atoms with Gasteiger partial charge in [-0.1, -0.05) is 6.07 Å². The van der Waals surface area contributed by atoms with Gasteiger partial charge >= 0.3 is 0 Å². The van der Waals surface area contributed by atoms with Crippen LogP contribution in [0.15, 0.2) is 18.2 Å². The third kappa shape index (κ3) is 2.89. The van der Waals surface area contributed by atoms with E-state index in [0.717, 1.165) is 0 Å². The predicted octanol–water partition coefficient (Wildman–Crippen LogP) is 1.81. The van der Waals surface area contributed by atoms with Crippen LogP contribution >= 0.6 is 0 Å². The van der Waals surface area contributed by atoms with E-state index in [1.807, 2.05) is 20.8 Å². The van der Waals surface area contributed by atoms with E-state index >= 15 is 0 Å². The molecule has 0 unspecified atom stereocenters. The molecular formula is C12H18N2O2. The maximum atomic E-state index is 12.0. The molecule has 0 fully saturated rings. The van der Waals surface area contributed by atoms with E-state index < -0.39 is 0 Å². The fourth-order valence-electron chi connectivity index (χ4n) is 1.36. The van der Waals surface area contributed by atoms with Gasteiger partial charge in [0.15, 0.2) is 0 Å². The van der Waals surface area contributed by atoms with Crippen molar-refractivity contribution >= 4 is 11.6 Å². The fraction of sp³-hybridized carbons (Fsp3) is 0.417. The normalized spacial score (nSPS) is 11.0. The van der Waals surface area contributed by atoms with Crippen molar-refractivity contribution in [2.75, 3.05) is 12.8 Å². The average Bonchev–Trinajstić information content (AvgIpc) is 2.14. The zero-order valence-electron chi connectivity index (χ0n) is 10.1. The minimum absolute atomic E-state index is 0.220. The van der Waals surface area contributed by atoms with Crippen LogP contribution in [-0.4, -0.2) is 18.6 Å². The van der Waals surface area contributed by atoms with E-state index in [4.69, 9.17) is 10.5 Å². The van der Waals surface area contributed by atoms with E-state index in [1.54, 1.807) is 18.2 Å². The fourth-order valence-corrected chi connectivity index (χ4v) is 1.36. The number of benzene rings is 1. The van der Waals surface area contributed by atoms with Gasteiger partial charge in [0.25, 0.3) is 5.91 Å². The number of ether oxygens (including phenoxy) is 1. The number of nitrogens with one attached hydrogen (secondary N) is 1. The lowest BCUT2D eigenvalue weighted by Crippen LogP contribution is -2.41. The van der Waals surface area contributed by atoms with Crippen LogP contribution in [0.3, 0.4) is 0 Å². The number of rotatable bonds is 2. The van der Waals surface area contributed by atoms with E-state index in [0.29, 0.717) is 17.0 Å². The lowest BCUT2D eigenvalue weighted by atomic mass is 10.1. The minimum atomic E-state index is -0.301. The first-order valence-corrected chi connectivity index (χ1v) is 5.10. The second kappa shape index (κ2) is 4.43. The average molecular weight is 222 g/mol. The first kappa shape index (κ1) is 12.4. The predicted molar refractivity (Wildman–Crippen MR) is 64.6 cm³/mol. The number of anilines is 1. The van der Waals surface area contributed by atoms with Crippen LogP contribution < -0.4 is 15.8 Å². The molecule has 1 aromatic rings. The number of methoxy groups -OCH3 is 1. The summed E-state index contributed by atoms with van der Waals surface area (Å²) in [5, 5.41) is 2.85. The molecule has 0 saturated carbocycles. The number of nitrogens with two attached hydrogens (primary N) is 1. The molecule has 0 aliphatic heterocycles. The van der Waals surface area contributed by atoms with Gasteiger partial charge in [-0.15, -0.1) is 0 Å². The number of carbonyl (C=O) groups excluding carboxylic acids is 1. The van der Waals surface area contributed by atoms with Crippen LogP contribution in [0.25, 0.3) is 0 Å². The van der Waals surface area contributed by atoms with Gasteiger partial charge < -0.3 is 15.8 Å². The third-order valence-corrected chi connectivity index (χ3v) is 1.99. The van der Waals surface area contributed by atoms with Crippen molar-refractivity contribution in [1.29, 1.82) is 0 Å². The molecule has 0 aliphatic rings. The van der Waals surface area contributed by atoms with Gasteiger partial charge in [0.05, 0.1) is 7.11 Å². The highest BCUT2D eigenvalue weighted by Gasteiger charge is 2.20. The van der Waals surface area contributed by atoms with Crippen LogP contribution in [-0.2, 0) is 0 Å². The number of hydrogen-bond acceptors (Lipinski definition) is 3. The van der Waals surface area contributed by atoms with Crippen molar-refractivity contribution in [2.24, 2.45) is 0 Å². The summed E-state index contributed by atoms with van der Waals surface area (Å²) in [7, 11) is 1.52. The molecule has 0 aliphatic carbocycles. The van der Waals surface area contributed by atoms with Crippen LogP contribution in [0.4, 0.5) is 5.69 Å². The number of nitrogen functional groups attached to an aromatic ring is 1. The summed E-state index contributed by atoms with van der Waals surface area (Å²) in [6.07, 6.45) is 0. The number of amides is 1. The van der Waals surface area contributed by atoms with Gasteiger partial charge in [-0.05, 0) is 32.9 Å². The monoisotopic (exact) mass is 222 g/mol. The van der Waals surface area contributed by atoms with Gasteiger partial charge in [0.2, 0.25) is 0 Å². The SMILES string of the molecule is COc1cccc(N)c1C(=O)NC(C)(C)C. The minimum Gasteiger partial charge on any atom is -0.496 e. The Labute approximate surface area is 95.8 Å². The summed E-state index contributed by atoms with van der Waals surface area (Å²) in [6, 6.07) is 5.15. The van der Waals surface area contributed by atoms with Crippen molar-refractivity contribution in [2.45, 2.75) is 26.3 Å². The van der Waals surface area contributed by atoms with Crippen LogP contribution in [0.1, 0.15) is 31.1 Å². The Morgan fingerprint density at radius 1 is 1.38 bits per heavy atom. The molecule has 0 atom stereocenters. The third-order valence-electron chi connectivity index (χ3n) is 1.99. The second-order valence-corrected chi connectivity index (χ2v) is 4.63. The smallest absolute Gasteiger partial charge is 0.257 e. The Bertz CT molecular complexity index is 394. The van der Waals surface area contributed by atoms with E-state index in [9.17, 15) is 4.79 Å². The zero-order valence-corrected chi connectivity index (χ0v) is 10.1. The van der Waals surface area contributed by atoms with Gasteiger partial charge in [-0.25, -0.2) is 0 Å². The van der Waals surface area contributed by atoms with Crippen LogP contribution in [0.2, 0.25) is 0 Å². The van der Waals surface area contributed by atoms with Crippen LogP contribution in [0, 0.1) is 0 Å². The summed E-state index contributed by atoms with van der Waals surface area (Å²) < 4.78 is 5.12. The molecule has 1 rings (SSSR count). The first-order valence-electron chi connectivity index (χ1n) is 5.10. The molecule has 4 heteroatoms. The summed E-state index contributed by atoms with van der Waals surface area (Å²) in [6.45, 7) is 5.74. The molecule has 16 heavy (non-hydrogen) atoms. The Balaban J connectivity index is 3.08. The van der Waals surface area contributed by atoms with Gasteiger partial charge in [0, 0.05) is 11.2 Å². The molecule has 0 saturated heterocycles. The molecule has 0 radical (unpaired) electrons. The molecule has 0 bridgehead atoms. The summed E-state index contributed by atoms with van der Waals surface area (Å²) in [5.41, 5.74) is 6.28. The van der Waals surface area contributed by atoms with Crippen molar-refractivity contribution in [3.8, 4) is 5.75 Å². The molecule has 0 spiro atoms. The van der Waals surface area contributed by atoms with E-state index in [2.05, 4.69) is 5.32 Å². The van der Waals surface area contributed by atoms with E-state index in [-0.39, 0.29) is 11.4 Å². The number of hydrogen-bond donors (Lipinski definition) is 2. The van der Waals surface area contributed by atoms with Crippen molar-refractivity contribution in [3.05, 3.63) is 23.8 Å². The Morgan fingerprint density at radius 2 is 2.00 bits per heavy atom. The topological polar surface area (TPSA) is 64.3 Å². The lowest BCUT2D eigenvalue weighted by Gasteiger charge is -2.21. The summed E-state index contributed by atoms with van der Waals surface area (Å²) in [4.78, 5) is 12.0. The highest BCUT2D eigenvalue weighted by atomic mass is 16.5. The molecule has 3 N–H and O–H groups in total. The summed E-state index contributed by atoms with van der Waals surface area (Å²) in [5.74, 6) is 0.268. The molecule has 1 amide bonds. The van der Waals surface area contributed by atoms with Gasteiger partial charge in [0.1, 0.15) is 11.3 Å². The zero-order chi connectivity index (χ0) is 12.3. The largest absolute Gasteiger partial charge is 0.496 e. The Morgan fingerprint density at radius 3 is 2.50 bits per heavy atom. The lowest BCUT2D eigenvalue weighted by molar-refractivity contribution is 0.0917.